The van der Waals surface area contributed by atoms with Crippen molar-refractivity contribution in [3.05, 3.63) is 28.1 Å². The fourth-order valence-electron chi connectivity index (χ4n) is 2.78. The van der Waals surface area contributed by atoms with Crippen LogP contribution in [0, 0.1) is 5.41 Å². The Hall–Kier alpha value is -1.44. The topological polar surface area (TPSA) is 80.4 Å². The normalized spacial score (nSPS) is 13.2. The molecule has 2 rings (SSSR count). The minimum Gasteiger partial charge on any atom is -0.506 e. The molecule has 0 unspecified atom stereocenters. The highest BCUT2D eigenvalue weighted by molar-refractivity contribution is 9.10. The van der Waals surface area contributed by atoms with Crippen LogP contribution in [0.4, 0.5) is 0 Å². The van der Waals surface area contributed by atoms with Crippen LogP contribution in [0.2, 0.25) is 0 Å². The molecule has 0 radical (unpaired) electrons. The number of nitrogens with zero attached hydrogens (tertiary/aromatic N) is 3. The number of pyridine rings is 1. The minimum absolute atomic E-state index is 0.0653. The van der Waals surface area contributed by atoms with E-state index in [0.29, 0.717) is 13.0 Å². The minimum atomic E-state index is -0.295. The second-order valence-corrected chi connectivity index (χ2v) is 7.69. The molecule has 138 valence electrons. The molecule has 0 aliphatic heterocycles. The van der Waals surface area contributed by atoms with E-state index in [2.05, 4.69) is 26.0 Å². The Labute approximate surface area is 157 Å². The van der Waals surface area contributed by atoms with E-state index in [1.54, 1.807) is 13.2 Å². The van der Waals surface area contributed by atoms with E-state index in [-0.39, 0.29) is 23.9 Å². The third kappa shape index (κ3) is 4.22. The number of aliphatic hydroxyl groups excluding tert-OH is 1. The molecule has 0 aromatic carbocycles. The van der Waals surface area contributed by atoms with Crippen LogP contribution >= 0.6 is 15.9 Å². The van der Waals surface area contributed by atoms with Crippen LogP contribution in [0.5, 0.6) is 5.75 Å². The standard InChI is InChI=1S/C18H26BrN3O3/c1-6-22-16(14(17(19)21-22)8-18(3,4)10-23)13-7-12(24)9-20-15(13)11(2)25-5/h7,9,11,23-24H,6,8,10H2,1-5H3/t11-/m0/s1. The van der Waals surface area contributed by atoms with Crippen molar-refractivity contribution in [3.63, 3.8) is 0 Å². The van der Waals surface area contributed by atoms with Gasteiger partial charge >= 0.3 is 0 Å². The highest BCUT2D eigenvalue weighted by Crippen LogP contribution is 2.38. The zero-order chi connectivity index (χ0) is 18.8. The van der Waals surface area contributed by atoms with Crippen LogP contribution in [0.3, 0.4) is 0 Å². The third-order valence-electron chi connectivity index (χ3n) is 4.28. The monoisotopic (exact) mass is 411 g/mol. The van der Waals surface area contributed by atoms with E-state index in [0.717, 1.165) is 27.1 Å². The highest BCUT2D eigenvalue weighted by atomic mass is 79.9. The van der Waals surface area contributed by atoms with Gasteiger partial charge in [-0.05, 0) is 47.7 Å². The maximum atomic E-state index is 10.0. The summed E-state index contributed by atoms with van der Waals surface area (Å²) in [5.41, 5.74) is 3.11. The Bertz CT molecular complexity index is 743. The van der Waals surface area contributed by atoms with Crippen molar-refractivity contribution >= 4 is 15.9 Å². The number of methoxy groups -OCH3 is 1. The summed E-state index contributed by atoms with van der Waals surface area (Å²) in [5, 5.41) is 24.3. The first kappa shape index (κ1) is 19.9. The van der Waals surface area contributed by atoms with E-state index < -0.39 is 0 Å². The molecule has 2 aromatic rings. The summed E-state index contributed by atoms with van der Waals surface area (Å²) in [6.07, 6.45) is 1.83. The van der Waals surface area contributed by atoms with Crippen LogP contribution in [-0.2, 0) is 17.7 Å². The number of halogens is 1. The molecule has 1 atom stereocenters. The molecule has 0 aliphatic carbocycles. The molecule has 7 heteroatoms. The molecule has 0 amide bonds. The van der Waals surface area contributed by atoms with Gasteiger partial charge in [0.25, 0.3) is 0 Å². The number of aliphatic hydroxyl groups is 1. The van der Waals surface area contributed by atoms with E-state index in [9.17, 15) is 10.2 Å². The van der Waals surface area contributed by atoms with Crippen LogP contribution in [0.1, 0.15) is 45.1 Å². The van der Waals surface area contributed by atoms with Crippen LogP contribution in [0.25, 0.3) is 11.3 Å². The number of aromatic hydroxyl groups is 1. The van der Waals surface area contributed by atoms with Gasteiger partial charge < -0.3 is 14.9 Å². The van der Waals surface area contributed by atoms with Crippen molar-refractivity contribution in [2.75, 3.05) is 13.7 Å². The summed E-state index contributed by atoms with van der Waals surface area (Å²) in [6.45, 7) is 8.68. The molecule has 2 heterocycles. The third-order valence-corrected chi connectivity index (χ3v) is 4.92. The number of hydrogen-bond donors (Lipinski definition) is 2. The van der Waals surface area contributed by atoms with Gasteiger partial charge in [0.15, 0.2) is 0 Å². The Kier molecular flexibility index (Phi) is 6.24. The van der Waals surface area contributed by atoms with Gasteiger partial charge in [-0.1, -0.05) is 13.8 Å². The zero-order valence-corrected chi connectivity index (χ0v) is 17.0. The van der Waals surface area contributed by atoms with Gasteiger partial charge in [-0.25, -0.2) is 0 Å². The number of aryl methyl sites for hydroxylation is 1. The van der Waals surface area contributed by atoms with Crippen LogP contribution in [-0.4, -0.2) is 38.7 Å². The molecule has 2 N–H and O–H groups in total. The van der Waals surface area contributed by atoms with Crippen molar-refractivity contribution < 1.29 is 14.9 Å². The van der Waals surface area contributed by atoms with E-state index in [1.807, 2.05) is 32.4 Å². The Morgan fingerprint density at radius 3 is 2.64 bits per heavy atom. The predicted octanol–water partition coefficient (Wildman–Crippen LogP) is 3.70. The first-order valence-electron chi connectivity index (χ1n) is 8.32. The van der Waals surface area contributed by atoms with Gasteiger partial charge in [-0.3, -0.25) is 9.67 Å². The van der Waals surface area contributed by atoms with E-state index in [1.165, 1.54) is 6.20 Å². The van der Waals surface area contributed by atoms with Gasteiger partial charge in [0.2, 0.25) is 0 Å². The first-order chi connectivity index (χ1) is 11.7. The van der Waals surface area contributed by atoms with Crippen molar-refractivity contribution in [3.8, 4) is 17.0 Å². The van der Waals surface area contributed by atoms with Gasteiger partial charge in [0.05, 0.1) is 23.7 Å². The number of ether oxygens (including phenoxy) is 1. The van der Waals surface area contributed by atoms with Gasteiger partial charge in [-0.2, -0.15) is 5.10 Å². The lowest BCUT2D eigenvalue weighted by molar-refractivity contribution is 0.116. The lowest BCUT2D eigenvalue weighted by Gasteiger charge is -2.23. The number of rotatable bonds is 7. The van der Waals surface area contributed by atoms with Gasteiger partial charge in [0, 0.05) is 31.4 Å². The van der Waals surface area contributed by atoms with Crippen molar-refractivity contribution in [1.29, 1.82) is 0 Å². The quantitative estimate of drug-likeness (QED) is 0.725. The van der Waals surface area contributed by atoms with Crippen LogP contribution < -0.4 is 0 Å². The molecular formula is C18H26BrN3O3. The molecule has 0 bridgehead atoms. The summed E-state index contributed by atoms with van der Waals surface area (Å²) in [7, 11) is 1.63. The van der Waals surface area contributed by atoms with Gasteiger partial charge in [0.1, 0.15) is 10.4 Å². The maximum absolute atomic E-state index is 10.0. The molecule has 0 saturated carbocycles. The Morgan fingerprint density at radius 2 is 2.08 bits per heavy atom. The summed E-state index contributed by atoms with van der Waals surface area (Å²) >= 11 is 3.56. The second-order valence-electron chi connectivity index (χ2n) is 6.94. The fourth-order valence-corrected chi connectivity index (χ4v) is 3.30. The Morgan fingerprint density at radius 1 is 1.40 bits per heavy atom. The molecule has 0 saturated heterocycles. The highest BCUT2D eigenvalue weighted by Gasteiger charge is 2.27. The summed E-state index contributed by atoms with van der Waals surface area (Å²) in [6, 6.07) is 1.70. The molecule has 0 fully saturated rings. The first-order valence-corrected chi connectivity index (χ1v) is 9.11. The van der Waals surface area contributed by atoms with E-state index in [4.69, 9.17) is 4.74 Å². The summed E-state index contributed by atoms with van der Waals surface area (Å²) < 4.78 is 8.08. The Balaban J connectivity index is 2.72. The SMILES string of the molecule is CCn1nc(Br)c(CC(C)(C)CO)c1-c1cc(O)cnc1[C@H](C)OC. The smallest absolute Gasteiger partial charge is 0.134 e. The molecular weight excluding hydrogens is 386 g/mol. The fraction of sp³-hybridized carbons (Fsp3) is 0.556. The van der Waals surface area contributed by atoms with Crippen LogP contribution in [0.15, 0.2) is 16.9 Å². The zero-order valence-electron chi connectivity index (χ0n) is 15.4. The summed E-state index contributed by atoms with van der Waals surface area (Å²) in [5.74, 6) is 0.0920. The largest absolute Gasteiger partial charge is 0.506 e. The van der Waals surface area contributed by atoms with E-state index >= 15 is 0 Å². The predicted molar refractivity (Wildman–Crippen MR) is 100 cm³/mol. The molecule has 6 nitrogen and oxygen atoms in total. The van der Waals surface area contributed by atoms with Gasteiger partial charge in [-0.15, -0.1) is 0 Å². The molecule has 25 heavy (non-hydrogen) atoms. The molecule has 0 spiro atoms. The lowest BCUT2D eigenvalue weighted by Crippen LogP contribution is -2.20. The van der Waals surface area contributed by atoms with Crippen molar-refractivity contribution in [2.45, 2.75) is 46.8 Å². The lowest BCUT2D eigenvalue weighted by atomic mass is 9.85. The average Bonchev–Trinajstić information content (AvgIpc) is 2.89. The van der Waals surface area contributed by atoms with Crippen molar-refractivity contribution in [1.82, 2.24) is 14.8 Å². The second kappa shape index (κ2) is 7.85. The maximum Gasteiger partial charge on any atom is 0.134 e. The molecule has 0 aliphatic rings. The number of aromatic nitrogens is 3. The number of hydrogen-bond acceptors (Lipinski definition) is 5. The molecule has 2 aromatic heterocycles. The van der Waals surface area contributed by atoms with Crippen molar-refractivity contribution in [2.24, 2.45) is 5.41 Å². The average molecular weight is 412 g/mol. The summed E-state index contributed by atoms with van der Waals surface area (Å²) in [4.78, 5) is 4.39.